The molecule has 0 aliphatic carbocycles. The van der Waals surface area contributed by atoms with E-state index in [4.69, 9.17) is 24.0 Å². The van der Waals surface area contributed by atoms with Gasteiger partial charge in [0.1, 0.15) is 24.6 Å². The number of hydrogen-bond donors (Lipinski definition) is 2. The van der Waals surface area contributed by atoms with E-state index in [1.807, 2.05) is 0 Å². The molecule has 0 aromatic carbocycles. The largest absolute Gasteiger partial charge is 0.478 e. The number of halogens is 1. The van der Waals surface area contributed by atoms with E-state index < -0.39 is 45.1 Å². The van der Waals surface area contributed by atoms with Crippen LogP contribution < -0.4 is 5.73 Å². The number of imidazole rings is 1. The summed E-state index contributed by atoms with van der Waals surface area (Å²) in [5.74, 6) is -0.457. The van der Waals surface area contributed by atoms with E-state index in [1.54, 1.807) is 0 Å². The summed E-state index contributed by atoms with van der Waals surface area (Å²) in [6.07, 6.45) is -2.74. The first kappa shape index (κ1) is 19.6. The number of anilines is 1. The number of nitrogens with zero attached hydrogens (tertiary/aromatic N) is 4. The molecule has 13 nitrogen and oxygen atoms in total. The molecule has 0 spiro atoms. The summed E-state index contributed by atoms with van der Waals surface area (Å²) in [4.78, 5) is 23.0. The van der Waals surface area contributed by atoms with Gasteiger partial charge in [-0.2, -0.15) is 0 Å². The fourth-order valence-corrected chi connectivity index (χ4v) is 4.72. The number of phosphoric ester groups is 1. The predicted octanol–water partition coefficient (Wildman–Crippen LogP) is 0.490. The van der Waals surface area contributed by atoms with Gasteiger partial charge in [0.05, 0.1) is 6.61 Å². The first-order valence-electron chi connectivity index (χ1n) is 7.97. The van der Waals surface area contributed by atoms with Crippen LogP contribution in [0, 0.1) is 0 Å². The van der Waals surface area contributed by atoms with Gasteiger partial charge < -0.3 is 20.3 Å². The summed E-state index contributed by atoms with van der Waals surface area (Å²) in [5.41, 5.74) is 6.46. The second-order valence-corrected chi connectivity index (χ2v) is 8.26. The lowest BCUT2D eigenvalue weighted by molar-refractivity contribution is -0.150. The first-order valence-corrected chi connectivity index (χ1v) is 10.2. The summed E-state index contributed by atoms with van der Waals surface area (Å²) in [6.45, 7) is 0.385. The molecule has 5 atom stereocenters. The van der Waals surface area contributed by atoms with Crippen LogP contribution in [0.2, 0.25) is 0 Å². The molecule has 2 aromatic heterocycles. The Hall–Kier alpha value is -1.67. The van der Waals surface area contributed by atoms with Crippen molar-refractivity contribution in [1.82, 2.24) is 19.5 Å². The van der Waals surface area contributed by atoms with Gasteiger partial charge in [0.2, 0.25) is 6.79 Å². The highest BCUT2D eigenvalue weighted by molar-refractivity contribution is 9.10. The Morgan fingerprint density at radius 3 is 3.07 bits per heavy atom. The number of carbonyl (C=O) groups is 1. The van der Waals surface area contributed by atoms with Gasteiger partial charge in [-0.1, -0.05) is 0 Å². The van der Waals surface area contributed by atoms with Crippen LogP contribution in [0.4, 0.5) is 5.82 Å². The second-order valence-electron chi connectivity index (χ2n) is 5.93. The zero-order valence-electron chi connectivity index (χ0n) is 14.3. The van der Waals surface area contributed by atoms with Crippen LogP contribution in [0.25, 0.3) is 11.2 Å². The van der Waals surface area contributed by atoms with E-state index in [9.17, 15) is 14.5 Å². The lowest BCUT2D eigenvalue weighted by Crippen LogP contribution is -2.39. The van der Waals surface area contributed by atoms with E-state index >= 15 is 0 Å². The first-order chi connectivity index (χ1) is 13.3. The average Bonchev–Trinajstić information content (AvgIpc) is 3.12. The van der Waals surface area contributed by atoms with Gasteiger partial charge in [-0.3, -0.25) is 18.4 Å². The number of esters is 1. The van der Waals surface area contributed by atoms with Crippen molar-refractivity contribution in [2.45, 2.75) is 31.5 Å². The number of fused-ring (bicyclic) bond motifs is 2. The molecule has 4 rings (SSSR count). The molecule has 0 amide bonds. The van der Waals surface area contributed by atoms with E-state index in [0.717, 1.165) is 0 Å². The minimum absolute atomic E-state index is 0.164. The third-order valence-corrected chi connectivity index (χ3v) is 6.09. The SMILES string of the molecule is CC(=O)OCOP1(=O)OC[C@H]2O[C@@H](n3c(Br)nc4c(N)ncnc43)C(O)[C@H]2O1. The molecule has 2 fully saturated rings. The van der Waals surface area contributed by atoms with Crippen molar-refractivity contribution in [3.8, 4) is 0 Å². The molecule has 3 N–H and O–H groups in total. The highest BCUT2D eigenvalue weighted by Crippen LogP contribution is 2.56. The van der Waals surface area contributed by atoms with Crippen molar-refractivity contribution in [1.29, 1.82) is 0 Å². The van der Waals surface area contributed by atoms with Crippen LogP contribution in [0.5, 0.6) is 0 Å². The number of aliphatic hydroxyl groups excluding tert-OH is 1. The van der Waals surface area contributed by atoms with Gasteiger partial charge >= 0.3 is 13.8 Å². The summed E-state index contributed by atoms with van der Waals surface area (Å²) in [5, 5.41) is 10.7. The van der Waals surface area contributed by atoms with Crippen molar-refractivity contribution in [3.63, 3.8) is 0 Å². The minimum atomic E-state index is -4.05. The molecule has 28 heavy (non-hydrogen) atoms. The van der Waals surface area contributed by atoms with Gasteiger partial charge in [0.15, 0.2) is 27.9 Å². The molecule has 0 bridgehead atoms. The Labute approximate surface area is 165 Å². The number of carbonyl (C=O) groups excluding carboxylic acids is 1. The normalized spacial score (nSPS) is 32.4. The Morgan fingerprint density at radius 1 is 1.54 bits per heavy atom. The minimum Gasteiger partial charge on any atom is -0.438 e. The molecule has 2 unspecified atom stereocenters. The average molecular weight is 480 g/mol. The maximum atomic E-state index is 12.5. The van der Waals surface area contributed by atoms with Gasteiger partial charge in [0.25, 0.3) is 0 Å². The molecule has 2 aromatic rings. The standard InChI is InChI=1S/C13H15BrN5O8P/c1-5(20)23-4-25-28(22)24-2-6-9(27-28)8(21)12(26-6)19-11-7(18-13(19)14)10(15)16-3-17-11/h3,6,8-9,12,21H,2,4H2,1H3,(H2,15,16,17)/t6-,8?,9+,12-,28?/m1/s1. The number of hydrogen-bond acceptors (Lipinski definition) is 12. The van der Waals surface area contributed by atoms with Crippen molar-refractivity contribution in [2.75, 3.05) is 19.1 Å². The fraction of sp³-hybridized carbons (Fsp3) is 0.538. The predicted molar refractivity (Wildman–Crippen MR) is 93.5 cm³/mol. The summed E-state index contributed by atoms with van der Waals surface area (Å²) in [6, 6.07) is 0. The van der Waals surface area contributed by atoms with Crippen molar-refractivity contribution >= 4 is 46.7 Å². The molecule has 0 saturated carbocycles. The van der Waals surface area contributed by atoms with Crippen LogP contribution in [0.1, 0.15) is 13.2 Å². The molecule has 2 saturated heterocycles. The summed E-state index contributed by atoms with van der Waals surface area (Å²) >= 11 is 3.29. The zero-order chi connectivity index (χ0) is 20.1. The van der Waals surface area contributed by atoms with Crippen molar-refractivity contribution in [3.05, 3.63) is 11.1 Å². The van der Waals surface area contributed by atoms with E-state index in [2.05, 4.69) is 35.6 Å². The zero-order valence-corrected chi connectivity index (χ0v) is 16.8. The maximum Gasteiger partial charge on any atom is 0.478 e. The second kappa shape index (κ2) is 7.30. The van der Waals surface area contributed by atoms with Crippen LogP contribution in [-0.4, -0.2) is 62.3 Å². The molecule has 4 heterocycles. The van der Waals surface area contributed by atoms with Gasteiger partial charge in [-0.25, -0.2) is 24.0 Å². The molecular weight excluding hydrogens is 465 g/mol. The van der Waals surface area contributed by atoms with E-state index in [-0.39, 0.29) is 12.4 Å². The van der Waals surface area contributed by atoms with Crippen molar-refractivity contribution < 1.29 is 37.5 Å². The lowest BCUT2D eigenvalue weighted by atomic mass is 10.1. The third-order valence-electron chi connectivity index (χ3n) is 4.15. The van der Waals surface area contributed by atoms with Crippen LogP contribution in [0.15, 0.2) is 11.1 Å². The Kier molecular flexibility index (Phi) is 5.12. The number of aliphatic hydroxyl groups is 1. The molecule has 0 radical (unpaired) electrons. The van der Waals surface area contributed by atoms with Crippen LogP contribution in [-0.2, 0) is 32.4 Å². The van der Waals surface area contributed by atoms with Crippen LogP contribution >= 0.6 is 23.8 Å². The quantitative estimate of drug-likeness (QED) is 0.269. The van der Waals surface area contributed by atoms with Crippen molar-refractivity contribution in [2.24, 2.45) is 0 Å². The number of nitrogen functional groups attached to an aromatic ring is 1. The fourth-order valence-electron chi connectivity index (χ4n) is 2.91. The van der Waals surface area contributed by atoms with Crippen LogP contribution in [0.3, 0.4) is 0 Å². The summed E-state index contributed by atoms with van der Waals surface area (Å²) in [7, 11) is -4.05. The highest BCUT2D eigenvalue weighted by atomic mass is 79.9. The number of rotatable bonds is 4. The molecule has 2 aliphatic rings. The molecule has 15 heteroatoms. The van der Waals surface area contributed by atoms with Gasteiger partial charge in [0, 0.05) is 6.92 Å². The molecular formula is C13H15BrN5O8P. The molecule has 2 aliphatic heterocycles. The highest BCUT2D eigenvalue weighted by Gasteiger charge is 2.54. The molecule has 152 valence electrons. The number of ether oxygens (including phenoxy) is 2. The topological polar surface area (TPSA) is 170 Å². The van der Waals surface area contributed by atoms with E-state index in [0.29, 0.717) is 15.9 Å². The van der Waals surface area contributed by atoms with E-state index in [1.165, 1.54) is 17.8 Å². The third kappa shape index (κ3) is 3.41. The van der Waals surface area contributed by atoms with Gasteiger partial charge in [-0.15, -0.1) is 0 Å². The Balaban J connectivity index is 1.57. The Morgan fingerprint density at radius 2 is 2.32 bits per heavy atom. The van der Waals surface area contributed by atoms with Gasteiger partial charge in [-0.05, 0) is 15.9 Å². The number of nitrogens with two attached hydrogens (primary N) is 1. The monoisotopic (exact) mass is 479 g/mol. The lowest BCUT2D eigenvalue weighted by Gasteiger charge is -2.30. The summed E-state index contributed by atoms with van der Waals surface area (Å²) < 4.78 is 40.1. The maximum absolute atomic E-state index is 12.5. The number of phosphoric acid groups is 1. The Bertz CT molecular complexity index is 972. The number of aromatic nitrogens is 4. The smallest absolute Gasteiger partial charge is 0.438 e.